The summed E-state index contributed by atoms with van der Waals surface area (Å²) < 4.78 is 10.6. The number of rotatable bonds is 7. The lowest BCUT2D eigenvalue weighted by atomic mass is 9.84. The number of ether oxygens (including phenoxy) is 1. The molecule has 0 saturated heterocycles. The van der Waals surface area contributed by atoms with E-state index in [1.807, 2.05) is 20.8 Å². The molecular formula is C18H30N2O3. The average molecular weight is 322 g/mol. The third-order valence-electron chi connectivity index (χ3n) is 4.45. The van der Waals surface area contributed by atoms with Crippen molar-refractivity contribution in [1.29, 1.82) is 0 Å². The van der Waals surface area contributed by atoms with Crippen molar-refractivity contribution in [2.75, 3.05) is 0 Å². The summed E-state index contributed by atoms with van der Waals surface area (Å²) in [6.45, 7) is 5.65. The first-order valence-corrected chi connectivity index (χ1v) is 8.92. The lowest BCUT2D eigenvalue weighted by Gasteiger charge is -2.23. The number of hydrogen-bond donors (Lipinski definition) is 0. The Morgan fingerprint density at radius 2 is 2.09 bits per heavy atom. The van der Waals surface area contributed by atoms with E-state index < -0.39 is 5.60 Å². The molecule has 130 valence electrons. The number of carbonyl (C=O) groups is 1. The zero-order valence-electron chi connectivity index (χ0n) is 14.7. The van der Waals surface area contributed by atoms with Gasteiger partial charge in [0.2, 0.25) is 5.89 Å². The summed E-state index contributed by atoms with van der Waals surface area (Å²) in [5.74, 6) is 1.18. The molecule has 1 aliphatic carbocycles. The molecule has 5 nitrogen and oxygen atoms in total. The van der Waals surface area contributed by atoms with Gasteiger partial charge in [-0.05, 0) is 33.1 Å². The molecule has 1 atom stereocenters. The fourth-order valence-electron chi connectivity index (χ4n) is 3.39. The standard InChI is InChI=1S/C18H30N2O3/c1-18(2,3)22-16(21)12-15(17-19-13-20-23-17)11-7-10-14-8-5-4-6-9-14/h13-15H,4-12H2,1-3H3/t15-/m1/s1. The molecule has 0 aliphatic heterocycles. The Balaban J connectivity index is 1.83. The molecule has 1 aliphatic rings. The van der Waals surface area contributed by atoms with E-state index in [2.05, 4.69) is 10.1 Å². The molecule has 0 N–H and O–H groups in total. The van der Waals surface area contributed by atoms with Gasteiger partial charge >= 0.3 is 5.97 Å². The van der Waals surface area contributed by atoms with Gasteiger partial charge in [0, 0.05) is 5.92 Å². The highest BCUT2D eigenvalue weighted by atomic mass is 16.6. The van der Waals surface area contributed by atoms with E-state index in [0.29, 0.717) is 12.3 Å². The van der Waals surface area contributed by atoms with Gasteiger partial charge in [0.15, 0.2) is 6.33 Å². The highest BCUT2D eigenvalue weighted by molar-refractivity contribution is 5.70. The molecular weight excluding hydrogens is 292 g/mol. The van der Waals surface area contributed by atoms with Crippen LogP contribution in [-0.4, -0.2) is 21.7 Å². The van der Waals surface area contributed by atoms with Crippen LogP contribution in [-0.2, 0) is 9.53 Å². The Kier molecular flexibility index (Phi) is 6.60. The van der Waals surface area contributed by atoms with Crippen molar-refractivity contribution in [2.45, 2.75) is 90.1 Å². The number of esters is 1. The summed E-state index contributed by atoms with van der Waals surface area (Å²) in [5, 5.41) is 3.68. The second-order valence-electron chi connectivity index (χ2n) is 7.70. The van der Waals surface area contributed by atoms with Crippen LogP contribution in [0.25, 0.3) is 0 Å². The van der Waals surface area contributed by atoms with E-state index in [1.54, 1.807) is 0 Å². The highest BCUT2D eigenvalue weighted by Gasteiger charge is 2.25. The molecule has 0 bridgehead atoms. The van der Waals surface area contributed by atoms with Gasteiger partial charge in [-0.2, -0.15) is 4.98 Å². The molecule has 1 fully saturated rings. The third kappa shape index (κ3) is 6.71. The van der Waals surface area contributed by atoms with Crippen molar-refractivity contribution in [3.8, 4) is 0 Å². The second-order valence-corrected chi connectivity index (χ2v) is 7.70. The van der Waals surface area contributed by atoms with Gasteiger partial charge in [0.25, 0.3) is 0 Å². The van der Waals surface area contributed by atoms with Crippen molar-refractivity contribution in [2.24, 2.45) is 5.92 Å². The lowest BCUT2D eigenvalue weighted by Crippen LogP contribution is -2.25. The molecule has 1 aromatic heterocycles. The van der Waals surface area contributed by atoms with E-state index in [4.69, 9.17) is 9.26 Å². The molecule has 0 aromatic carbocycles. The molecule has 5 heteroatoms. The van der Waals surface area contributed by atoms with Crippen molar-refractivity contribution in [3.63, 3.8) is 0 Å². The topological polar surface area (TPSA) is 65.2 Å². The van der Waals surface area contributed by atoms with Crippen molar-refractivity contribution >= 4 is 5.97 Å². The lowest BCUT2D eigenvalue weighted by molar-refractivity contribution is -0.155. The number of aromatic nitrogens is 2. The maximum absolute atomic E-state index is 12.1. The molecule has 1 heterocycles. The van der Waals surface area contributed by atoms with Crippen molar-refractivity contribution in [1.82, 2.24) is 10.1 Å². The summed E-state index contributed by atoms with van der Waals surface area (Å²) in [6.07, 6.45) is 11.8. The number of carbonyl (C=O) groups excluding carboxylic acids is 1. The van der Waals surface area contributed by atoms with Crippen LogP contribution in [0.5, 0.6) is 0 Å². The Morgan fingerprint density at radius 3 is 2.70 bits per heavy atom. The summed E-state index contributed by atoms with van der Waals surface area (Å²) in [5.41, 5.74) is -0.460. The fourth-order valence-corrected chi connectivity index (χ4v) is 3.39. The molecule has 23 heavy (non-hydrogen) atoms. The van der Waals surface area contributed by atoms with Gasteiger partial charge in [-0.1, -0.05) is 50.1 Å². The number of hydrogen-bond acceptors (Lipinski definition) is 5. The smallest absolute Gasteiger partial charge is 0.307 e. The second kappa shape index (κ2) is 8.46. The fraction of sp³-hybridized carbons (Fsp3) is 0.833. The SMILES string of the molecule is CC(C)(C)OC(=O)C[C@@H](CCCC1CCCCC1)c1ncno1. The van der Waals surface area contributed by atoms with Crippen LogP contribution in [0.1, 0.15) is 90.4 Å². The van der Waals surface area contributed by atoms with Crippen LogP contribution >= 0.6 is 0 Å². The zero-order valence-corrected chi connectivity index (χ0v) is 14.7. The van der Waals surface area contributed by atoms with Gasteiger partial charge in [0.05, 0.1) is 6.42 Å². The molecule has 1 saturated carbocycles. The van der Waals surface area contributed by atoms with Crippen LogP contribution in [0.2, 0.25) is 0 Å². The summed E-state index contributed by atoms with van der Waals surface area (Å²) >= 11 is 0. The maximum atomic E-state index is 12.1. The molecule has 0 radical (unpaired) electrons. The first-order valence-electron chi connectivity index (χ1n) is 8.92. The van der Waals surface area contributed by atoms with Gasteiger partial charge < -0.3 is 9.26 Å². The van der Waals surface area contributed by atoms with Crippen LogP contribution in [0.4, 0.5) is 0 Å². The van der Waals surface area contributed by atoms with E-state index in [-0.39, 0.29) is 11.9 Å². The molecule has 2 rings (SSSR count). The minimum absolute atomic E-state index is 0.0315. The Labute approximate surface area is 139 Å². The minimum Gasteiger partial charge on any atom is -0.460 e. The Bertz CT molecular complexity index is 459. The van der Waals surface area contributed by atoms with Gasteiger partial charge in [-0.25, -0.2) is 0 Å². The Hall–Kier alpha value is -1.39. The predicted molar refractivity (Wildman–Crippen MR) is 87.9 cm³/mol. The summed E-state index contributed by atoms with van der Waals surface area (Å²) in [7, 11) is 0. The van der Waals surface area contributed by atoms with E-state index in [9.17, 15) is 4.79 Å². The normalized spacial score (nSPS) is 17.9. The largest absolute Gasteiger partial charge is 0.460 e. The highest BCUT2D eigenvalue weighted by Crippen LogP contribution is 2.31. The number of nitrogens with zero attached hydrogens (tertiary/aromatic N) is 2. The molecule has 0 amide bonds. The van der Waals surface area contributed by atoms with E-state index >= 15 is 0 Å². The first kappa shape index (κ1) is 18.0. The van der Waals surface area contributed by atoms with Gasteiger partial charge in [-0.15, -0.1) is 0 Å². The monoisotopic (exact) mass is 322 g/mol. The van der Waals surface area contributed by atoms with Crippen LogP contribution < -0.4 is 0 Å². The van der Waals surface area contributed by atoms with Crippen LogP contribution in [0, 0.1) is 5.92 Å². The third-order valence-corrected chi connectivity index (χ3v) is 4.45. The predicted octanol–water partition coefficient (Wildman–Crippen LogP) is 4.64. The minimum atomic E-state index is -0.460. The van der Waals surface area contributed by atoms with Crippen LogP contribution in [0.15, 0.2) is 10.9 Å². The van der Waals surface area contributed by atoms with E-state index in [1.165, 1.54) is 44.9 Å². The summed E-state index contributed by atoms with van der Waals surface area (Å²) in [6, 6.07) is 0. The molecule has 0 spiro atoms. The van der Waals surface area contributed by atoms with Crippen molar-refractivity contribution < 1.29 is 14.1 Å². The maximum Gasteiger partial charge on any atom is 0.307 e. The summed E-state index contributed by atoms with van der Waals surface area (Å²) in [4.78, 5) is 16.3. The molecule has 0 unspecified atom stereocenters. The van der Waals surface area contributed by atoms with Gasteiger partial charge in [-0.3, -0.25) is 4.79 Å². The van der Waals surface area contributed by atoms with E-state index in [0.717, 1.165) is 18.8 Å². The Morgan fingerprint density at radius 1 is 1.35 bits per heavy atom. The van der Waals surface area contributed by atoms with Crippen molar-refractivity contribution in [3.05, 3.63) is 12.2 Å². The van der Waals surface area contributed by atoms with Gasteiger partial charge in [0.1, 0.15) is 5.60 Å². The average Bonchev–Trinajstić information content (AvgIpc) is 2.99. The molecule has 1 aromatic rings. The quantitative estimate of drug-likeness (QED) is 0.684. The zero-order chi connectivity index (χ0) is 16.7. The first-order chi connectivity index (χ1) is 10.9. The van der Waals surface area contributed by atoms with Crippen LogP contribution in [0.3, 0.4) is 0 Å².